The molecule has 0 radical (unpaired) electrons. The predicted octanol–water partition coefficient (Wildman–Crippen LogP) is 23.5. The fraction of sp³-hybridized carbons (Fsp3) is 0.827. The van der Waals surface area contributed by atoms with Crippen LogP contribution in [0.2, 0.25) is 0 Å². The van der Waals surface area contributed by atoms with Crippen LogP contribution in [0.15, 0.2) is 60.8 Å². The van der Waals surface area contributed by atoms with Gasteiger partial charge in [-0.2, -0.15) is 0 Å². The van der Waals surface area contributed by atoms with Crippen LogP contribution < -0.4 is 0 Å². The van der Waals surface area contributed by atoms with E-state index in [1.165, 1.54) is 180 Å². The Morgan fingerprint density at radius 2 is 0.520 bits per heavy atom. The number of hydrogen-bond donors (Lipinski definition) is 3. The molecule has 2 unspecified atom stereocenters. The molecule has 0 spiro atoms. The van der Waals surface area contributed by atoms with Crippen LogP contribution in [0.5, 0.6) is 0 Å². The fourth-order valence-corrected chi connectivity index (χ4v) is 12.9. The molecule has 17 nitrogen and oxygen atoms in total. The zero-order valence-corrected chi connectivity index (χ0v) is 65.7. The number of phosphoric ester groups is 2. The number of phosphoric acid groups is 2. The average molecular weight is 1460 g/mol. The predicted molar refractivity (Wildman–Crippen MR) is 409 cm³/mol. The van der Waals surface area contributed by atoms with E-state index in [9.17, 15) is 43.2 Å². The van der Waals surface area contributed by atoms with Crippen LogP contribution in [0.3, 0.4) is 0 Å². The van der Waals surface area contributed by atoms with Crippen LogP contribution in [0.1, 0.15) is 374 Å². The Morgan fingerprint density at radius 1 is 0.290 bits per heavy atom. The summed E-state index contributed by atoms with van der Waals surface area (Å²) in [7, 11) is -9.94. The molecule has 19 heteroatoms. The number of ether oxygens (including phenoxy) is 4. The Morgan fingerprint density at radius 3 is 0.800 bits per heavy atom. The van der Waals surface area contributed by atoms with Gasteiger partial charge in [0.05, 0.1) is 26.4 Å². The summed E-state index contributed by atoms with van der Waals surface area (Å²) >= 11 is 0. The summed E-state index contributed by atoms with van der Waals surface area (Å²) < 4.78 is 68.6. The van der Waals surface area contributed by atoms with E-state index in [1.54, 1.807) is 0 Å². The molecule has 0 saturated heterocycles. The summed E-state index contributed by atoms with van der Waals surface area (Å²) in [6.45, 7) is 4.81. The lowest BCUT2D eigenvalue weighted by atomic mass is 10.0. The molecule has 584 valence electrons. The zero-order valence-electron chi connectivity index (χ0n) is 63.9. The van der Waals surface area contributed by atoms with E-state index < -0.39 is 97.5 Å². The van der Waals surface area contributed by atoms with Crippen molar-refractivity contribution in [3.8, 4) is 0 Å². The lowest BCUT2D eigenvalue weighted by molar-refractivity contribution is -0.161. The van der Waals surface area contributed by atoms with Gasteiger partial charge in [0.1, 0.15) is 19.3 Å². The second-order valence-corrected chi connectivity index (χ2v) is 30.3. The number of rotatable bonds is 77. The summed E-state index contributed by atoms with van der Waals surface area (Å²) in [6.07, 6.45) is 73.4. The fourth-order valence-electron chi connectivity index (χ4n) is 11.4. The monoisotopic (exact) mass is 1460 g/mol. The Balaban J connectivity index is 5.33. The Labute approximate surface area is 610 Å². The van der Waals surface area contributed by atoms with Gasteiger partial charge in [0.2, 0.25) is 0 Å². The molecule has 0 fully saturated rings. The summed E-state index contributed by atoms with van der Waals surface area (Å²) in [5, 5.41) is 10.6. The standard InChI is InChI=1S/C81H148O17P2/c1-5-9-13-17-21-25-29-33-35-36-37-38-40-44-48-52-56-60-64-68-81(86)98-77(71-91-78(83)65-61-57-53-49-45-41-31-27-23-19-15-11-7-3)74-96-100(89,90)94-70-75(82)69-93-99(87,88)95-73-76(97-80(85)67-63-59-55-51-47-42-32-28-24-20-16-12-8-4)72-92-79(84)66-62-58-54-50-46-43-39-34-30-26-22-18-14-10-6-2/h9,13,21,25,33,35,37-38,44,48,75-77,82H,5-8,10-12,14-20,22-24,26-32,34,36,39-43,45-47,49-74H2,1-4H3,(H,87,88)(H,89,90)/b13-9-,25-21-,35-33-,38-37-,48-44-/t75-,76-,77-/m1/s1. The SMILES string of the molecule is CC/C=C\C/C=C\C/C=C\C/C=C\C/C=C\CCCCCC(=O)O[C@H](COC(=O)CCCCCCCCCCCCCCC)COP(=O)(O)OC[C@H](O)COP(=O)(O)OC[C@@H](COC(=O)CCCCCCCCCCCCCCCCC)OC(=O)CCCCCCCCCCCCCCC. The number of allylic oxidation sites excluding steroid dienone is 10. The van der Waals surface area contributed by atoms with Crippen LogP contribution in [-0.2, 0) is 65.4 Å². The summed E-state index contributed by atoms with van der Waals surface area (Å²) in [4.78, 5) is 73.0. The quantitative estimate of drug-likeness (QED) is 0.0169. The molecule has 0 bridgehead atoms. The van der Waals surface area contributed by atoms with Crippen LogP contribution in [0.25, 0.3) is 0 Å². The smallest absolute Gasteiger partial charge is 0.462 e. The van der Waals surface area contributed by atoms with Gasteiger partial charge < -0.3 is 33.8 Å². The number of hydrogen-bond acceptors (Lipinski definition) is 15. The van der Waals surface area contributed by atoms with E-state index in [0.717, 1.165) is 116 Å². The van der Waals surface area contributed by atoms with Crippen molar-refractivity contribution >= 4 is 39.5 Å². The van der Waals surface area contributed by atoms with E-state index in [1.807, 2.05) is 0 Å². The number of esters is 4. The first-order valence-electron chi connectivity index (χ1n) is 40.5. The highest BCUT2D eigenvalue weighted by molar-refractivity contribution is 7.47. The minimum absolute atomic E-state index is 0.0609. The van der Waals surface area contributed by atoms with Crippen LogP contribution >= 0.6 is 15.6 Å². The molecule has 0 aromatic heterocycles. The number of unbranched alkanes of at least 4 members (excludes halogenated alkanes) is 41. The number of carbonyl (C=O) groups is 4. The molecule has 0 aliphatic heterocycles. The average Bonchev–Trinajstić information content (AvgIpc) is 0.929. The van der Waals surface area contributed by atoms with Crippen molar-refractivity contribution in [2.45, 2.75) is 393 Å². The van der Waals surface area contributed by atoms with Gasteiger partial charge in [0.25, 0.3) is 0 Å². The summed E-state index contributed by atoms with van der Waals surface area (Å²) in [5.74, 6) is -2.17. The van der Waals surface area contributed by atoms with E-state index in [0.29, 0.717) is 25.7 Å². The van der Waals surface area contributed by atoms with Gasteiger partial charge in [-0.15, -0.1) is 0 Å². The first-order valence-corrected chi connectivity index (χ1v) is 43.5. The Hall–Kier alpha value is -3.24. The van der Waals surface area contributed by atoms with Crippen LogP contribution in [-0.4, -0.2) is 96.7 Å². The molecular formula is C81H148O17P2. The minimum atomic E-state index is -4.98. The third-order valence-corrected chi connectivity index (χ3v) is 19.4. The molecule has 5 atom stereocenters. The second-order valence-electron chi connectivity index (χ2n) is 27.4. The lowest BCUT2D eigenvalue weighted by Gasteiger charge is -2.21. The van der Waals surface area contributed by atoms with Crippen molar-refractivity contribution in [3.63, 3.8) is 0 Å². The molecule has 100 heavy (non-hydrogen) atoms. The molecule has 0 saturated carbocycles. The van der Waals surface area contributed by atoms with Gasteiger partial charge in [-0.05, 0) is 70.6 Å². The highest BCUT2D eigenvalue weighted by Crippen LogP contribution is 2.45. The molecule has 0 aliphatic carbocycles. The molecule has 0 rings (SSSR count). The maximum absolute atomic E-state index is 13.1. The van der Waals surface area contributed by atoms with Gasteiger partial charge in [0, 0.05) is 25.7 Å². The third-order valence-electron chi connectivity index (χ3n) is 17.5. The topological polar surface area (TPSA) is 237 Å². The number of carbonyl (C=O) groups excluding carboxylic acids is 4. The van der Waals surface area contributed by atoms with Crippen molar-refractivity contribution in [1.29, 1.82) is 0 Å². The second kappa shape index (κ2) is 74.0. The van der Waals surface area contributed by atoms with Gasteiger partial charge >= 0.3 is 39.5 Å². The molecular weight excluding hydrogens is 1310 g/mol. The highest BCUT2D eigenvalue weighted by Gasteiger charge is 2.30. The van der Waals surface area contributed by atoms with Crippen LogP contribution in [0.4, 0.5) is 0 Å². The maximum atomic E-state index is 13.1. The molecule has 0 aliphatic rings. The first kappa shape index (κ1) is 96.8. The van der Waals surface area contributed by atoms with Crippen molar-refractivity contribution in [3.05, 3.63) is 60.8 Å². The number of aliphatic hydroxyl groups excluding tert-OH is 1. The van der Waals surface area contributed by atoms with Crippen molar-refractivity contribution in [2.24, 2.45) is 0 Å². The van der Waals surface area contributed by atoms with Gasteiger partial charge in [0.15, 0.2) is 12.2 Å². The third kappa shape index (κ3) is 73.1. The Kier molecular flexibility index (Phi) is 71.6. The highest BCUT2D eigenvalue weighted by atomic mass is 31.2. The molecule has 0 heterocycles. The molecule has 0 aromatic carbocycles. The largest absolute Gasteiger partial charge is 0.472 e. The maximum Gasteiger partial charge on any atom is 0.472 e. The van der Waals surface area contributed by atoms with E-state index in [2.05, 4.69) is 88.5 Å². The van der Waals surface area contributed by atoms with Crippen molar-refractivity contribution < 1.29 is 80.2 Å². The van der Waals surface area contributed by atoms with E-state index in [4.69, 9.17) is 37.0 Å². The number of aliphatic hydroxyl groups is 1. The van der Waals surface area contributed by atoms with E-state index >= 15 is 0 Å². The normalized spacial score (nSPS) is 14.2. The molecule has 0 aromatic rings. The summed E-state index contributed by atoms with van der Waals surface area (Å²) in [5.41, 5.74) is 0. The van der Waals surface area contributed by atoms with Crippen molar-refractivity contribution in [2.75, 3.05) is 39.6 Å². The Bertz CT molecular complexity index is 2130. The van der Waals surface area contributed by atoms with Gasteiger partial charge in [-0.25, -0.2) is 9.13 Å². The van der Waals surface area contributed by atoms with Gasteiger partial charge in [-0.1, -0.05) is 339 Å². The minimum Gasteiger partial charge on any atom is -0.462 e. The first-order chi connectivity index (χ1) is 48.7. The van der Waals surface area contributed by atoms with Gasteiger partial charge in [-0.3, -0.25) is 37.3 Å². The lowest BCUT2D eigenvalue weighted by Crippen LogP contribution is -2.30. The van der Waals surface area contributed by atoms with Crippen LogP contribution in [0, 0.1) is 0 Å². The zero-order chi connectivity index (χ0) is 73.2. The molecule has 3 N–H and O–H groups in total. The summed E-state index contributed by atoms with van der Waals surface area (Å²) in [6, 6.07) is 0. The van der Waals surface area contributed by atoms with E-state index in [-0.39, 0.29) is 25.7 Å². The van der Waals surface area contributed by atoms with Crippen molar-refractivity contribution in [1.82, 2.24) is 0 Å². The molecule has 0 amide bonds.